The second-order valence-electron chi connectivity index (χ2n) is 6.66. The number of benzene rings is 2. The van der Waals surface area contributed by atoms with Crippen molar-refractivity contribution in [2.24, 2.45) is 5.73 Å². The third kappa shape index (κ3) is 4.99. The highest BCUT2D eigenvalue weighted by atomic mass is 35.5. The normalized spacial score (nSPS) is 16.2. The summed E-state index contributed by atoms with van der Waals surface area (Å²) in [5.41, 5.74) is 9.15. The first kappa shape index (κ1) is 20.3. The molecule has 1 heterocycles. The van der Waals surface area contributed by atoms with Crippen molar-refractivity contribution in [1.82, 2.24) is 4.90 Å². The standard InChI is InChI=1S/C21H26N2O2.ClH/c1-16-6-2-3-8-18(16)15-25-20-10-4-7-17(12-20)13-21(24)23-11-5-9-19(23)14-22;/h2-4,6-8,10,12,19H,5,9,11,13-15,22H2,1H3;1H. The van der Waals surface area contributed by atoms with E-state index in [4.69, 9.17) is 10.5 Å². The summed E-state index contributed by atoms with van der Waals surface area (Å²) in [4.78, 5) is 14.5. The molecule has 5 heteroatoms. The first-order chi connectivity index (χ1) is 12.2. The Bertz CT molecular complexity index is 735. The lowest BCUT2D eigenvalue weighted by molar-refractivity contribution is -0.131. The Kier molecular flexibility index (Phi) is 7.49. The summed E-state index contributed by atoms with van der Waals surface area (Å²) in [6.07, 6.45) is 2.47. The zero-order chi connectivity index (χ0) is 17.6. The molecule has 1 aliphatic heterocycles. The minimum atomic E-state index is 0. The molecule has 140 valence electrons. The average molecular weight is 375 g/mol. The smallest absolute Gasteiger partial charge is 0.227 e. The second-order valence-corrected chi connectivity index (χ2v) is 6.66. The van der Waals surface area contributed by atoms with Crippen LogP contribution >= 0.6 is 12.4 Å². The van der Waals surface area contributed by atoms with Gasteiger partial charge in [0.15, 0.2) is 0 Å². The van der Waals surface area contributed by atoms with Gasteiger partial charge in [0, 0.05) is 19.1 Å². The van der Waals surface area contributed by atoms with Crippen LogP contribution < -0.4 is 10.5 Å². The summed E-state index contributed by atoms with van der Waals surface area (Å²) in [5.74, 6) is 0.953. The van der Waals surface area contributed by atoms with Gasteiger partial charge in [0.1, 0.15) is 12.4 Å². The molecule has 0 spiro atoms. The van der Waals surface area contributed by atoms with Crippen molar-refractivity contribution in [3.05, 3.63) is 65.2 Å². The highest BCUT2D eigenvalue weighted by molar-refractivity contribution is 5.85. The van der Waals surface area contributed by atoms with Gasteiger partial charge in [-0.2, -0.15) is 0 Å². The number of carbonyl (C=O) groups excluding carboxylic acids is 1. The Morgan fingerprint density at radius 2 is 2.04 bits per heavy atom. The van der Waals surface area contributed by atoms with Crippen molar-refractivity contribution in [2.75, 3.05) is 13.1 Å². The predicted octanol–water partition coefficient (Wildman–Crippen LogP) is 3.49. The molecule has 0 aromatic heterocycles. The molecule has 4 nitrogen and oxygen atoms in total. The Morgan fingerprint density at radius 1 is 1.23 bits per heavy atom. The van der Waals surface area contributed by atoms with E-state index in [1.807, 2.05) is 41.3 Å². The highest BCUT2D eigenvalue weighted by Crippen LogP contribution is 2.20. The van der Waals surface area contributed by atoms with Crippen LogP contribution in [-0.4, -0.2) is 29.9 Å². The second kappa shape index (κ2) is 9.60. The Labute approximate surface area is 161 Å². The summed E-state index contributed by atoms with van der Waals surface area (Å²) >= 11 is 0. The fourth-order valence-corrected chi connectivity index (χ4v) is 3.36. The van der Waals surface area contributed by atoms with Crippen molar-refractivity contribution in [3.8, 4) is 5.75 Å². The number of hydrogen-bond donors (Lipinski definition) is 1. The summed E-state index contributed by atoms with van der Waals surface area (Å²) in [5, 5.41) is 0. The topological polar surface area (TPSA) is 55.6 Å². The van der Waals surface area contributed by atoms with Crippen molar-refractivity contribution >= 4 is 18.3 Å². The van der Waals surface area contributed by atoms with Crippen LogP contribution in [0.25, 0.3) is 0 Å². The zero-order valence-corrected chi connectivity index (χ0v) is 16.0. The van der Waals surface area contributed by atoms with Crippen LogP contribution in [0.4, 0.5) is 0 Å². The molecule has 0 saturated carbocycles. The summed E-state index contributed by atoms with van der Waals surface area (Å²) < 4.78 is 5.92. The van der Waals surface area contributed by atoms with Crippen molar-refractivity contribution in [2.45, 2.75) is 38.8 Å². The van der Waals surface area contributed by atoms with E-state index in [2.05, 4.69) is 19.1 Å². The van der Waals surface area contributed by atoms with Crippen LogP contribution in [-0.2, 0) is 17.8 Å². The maximum Gasteiger partial charge on any atom is 0.227 e. The molecule has 1 amide bonds. The van der Waals surface area contributed by atoms with Gasteiger partial charge in [-0.05, 0) is 48.6 Å². The van der Waals surface area contributed by atoms with Crippen LogP contribution in [0.3, 0.4) is 0 Å². The third-order valence-corrected chi connectivity index (χ3v) is 4.88. The number of carbonyl (C=O) groups is 1. The van der Waals surface area contributed by atoms with Gasteiger partial charge in [-0.25, -0.2) is 0 Å². The molecule has 1 fully saturated rings. The van der Waals surface area contributed by atoms with Gasteiger partial charge in [0.2, 0.25) is 5.91 Å². The predicted molar refractivity (Wildman–Crippen MR) is 107 cm³/mol. The van der Waals surface area contributed by atoms with Crippen LogP contribution in [0.5, 0.6) is 5.75 Å². The number of hydrogen-bond acceptors (Lipinski definition) is 3. The van der Waals surface area contributed by atoms with Gasteiger partial charge in [0.25, 0.3) is 0 Å². The van der Waals surface area contributed by atoms with Gasteiger partial charge >= 0.3 is 0 Å². The number of rotatable bonds is 6. The molecule has 2 N–H and O–H groups in total. The molecule has 1 atom stereocenters. The molecule has 0 radical (unpaired) electrons. The van der Waals surface area contributed by atoms with E-state index in [-0.39, 0.29) is 24.4 Å². The van der Waals surface area contributed by atoms with Crippen LogP contribution in [0.2, 0.25) is 0 Å². The molecule has 0 bridgehead atoms. The van der Waals surface area contributed by atoms with E-state index in [1.165, 1.54) is 11.1 Å². The average Bonchev–Trinajstić information content (AvgIpc) is 3.10. The number of likely N-dealkylation sites (tertiary alicyclic amines) is 1. The fraction of sp³-hybridized carbons (Fsp3) is 0.381. The minimum absolute atomic E-state index is 0. The van der Waals surface area contributed by atoms with Crippen molar-refractivity contribution in [1.29, 1.82) is 0 Å². The number of nitrogens with two attached hydrogens (primary N) is 1. The minimum Gasteiger partial charge on any atom is -0.489 e. The van der Waals surface area contributed by atoms with E-state index in [0.717, 1.165) is 30.7 Å². The van der Waals surface area contributed by atoms with E-state index in [1.54, 1.807) is 0 Å². The maximum atomic E-state index is 12.5. The molecule has 3 rings (SSSR count). The van der Waals surface area contributed by atoms with Crippen molar-refractivity contribution in [3.63, 3.8) is 0 Å². The van der Waals surface area contributed by atoms with Crippen LogP contribution in [0.15, 0.2) is 48.5 Å². The van der Waals surface area contributed by atoms with E-state index in [0.29, 0.717) is 19.6 Å². The first-order valence-electron chi connectivity index (χ1n) is 8.93. The number of nitrogens with zero attached hydrogens (tertiary/aromatic N) is 1. The Morgan fingerprint density at radius 3 is 2.81 bits per heavy atom. The number of halogens is 1. The number of aryl methyl sites for hydroxylation is 1. The molecule has 2 aromatic carbocycles. The molecule has 2 aromatic rings. The van der Waals surface area contributed by atoms with Gasteiger partial charge in [-0.15, -0.1) is 12.4 Å². The zero-order valence-electron chi connectivity index (χ0n) is 15.2. The van der Waals surface area contributed by atoms with Gasteiger partial charge in [-0.1, -0.05) is 36.4 Å². The fourth-order valence-electron chi connectivity index (χ4n) is 3.36. The monoisotopic (exact) mass is 374 g/mol. The Hall–Kier alpha value is -2.04. The number of ether oxygens (including phenoxy) is 1. The van der Waals surface area contributed by atoms with E-state index < -0.39 is 0 Å². The maximum absolute atomic E-state index is 12.5. The quantitative estimate of drug-likeness (QED) is 0.842. The first-order valence-corrected chi connectivity index (χ1v) is 8.93. The van der Waals surface area contributed by atoms with Crippen molar-refractivity contribution < 1.29 is 9.53 Å². The summed E-state index contributed by atoms with van der Waals surface area (Å²) in [7, 11) is 0. The molecule has 1 aliphatic rings. The van der Waals surface area contributed by atoms with Gasteiger partial charge in [0.05, 0.1) is 6.42 Å². The molecule has 26 heavy (non-hydrogen) atoms. The molecular weight excluding hydrogens is 348 g/mol. The highest BCUT2D eigenvalue weighted by Gasteiger charge is 2.27. The number of amides is 1. The summed E-state index contributed by atoms with van der Waals surface area (Å²) in [6.45, 7) is 3.98. The molecule has 1 unspecified atom stereocenters. The van der Waals surface area contributed by atoms with Crippen LogP contribution in [0.1, 0.15) is 29.5 Å². The van der Waals surface area contributed by atoms with Gasteiger partial charge < -0.3 is 15.4 Å². The SMILES string of the molecule is Cc1ccccc1COc1cccc(CC(=O)N2CCCC2CN)c1.Cl. The molecule has 1 saturated heterocycles. The molecular formula is C21H27ClN2O2. The van der Waals surface area contributed by atoms with Crippen LogP contribution in [0, 0.1) is 6.92 Å². The molecule has 0 aliphatic carbocycles. The van der Waals surface area contributed by atoms with E-state index in [9.17, 15) is 4.79 Å². The lowest BCUT2D eigenvalue weighted by Gasteiger charge is -2.23. The van der Waals surface area contributed by atoms with E-state index >= 15 is 0 Å². The van der Waals surface area contributed by atoms with Gasteiger partial charge in [-0.3, -0.25) is 4.79 Å². The summed E-state index contributed by atoms with van der Waals surface area (Å²) in [6, 6.07) is 16.2. The third-order valence-electron chi connectivity index (χ3n) is 4.88. The lowest BCUT2D eigenvalue weighted by Crippen LogP contribution is -2.40. The Balaban J connectivity index is 0.00000243. The lowest BCUT2D eigenvalue weighted by atomic mass is 10.1. The largest absolute Gasteiger partial charge is 0.489 e.